The number of fused-ring (bicyclic) bond motifs is 1. The van der Waals surface area contributed by atoms with E-state index in [2.05, 4.69) is 31.2 Å². The highest BCUT2D eigenvalue weighted by Crippen LogP contribution is 2.40. The minimum atomic E-state index is -0.568. The number of nitrogens with one attached hydrogen (secondary N) is 1. The van der Waals surface area contributed by atoms with E-state index in [1.54, 1.807) is 30.5 Å². The van der Waals surface area contributed by atoms with Gasteiger partial charge in [-0.15, -0.1) is 22.7 Å². The third-order valence-electron chi connectivity index (χ3n) is 3.10. The molecule has 0 aliphatic heterocycles. The number of thiazole rings is 1. The largest absolute Gasteiger partial charge is 0.377 e. The number of carbonyl (C=O) groups is 1. The van der Waals surface area contributed by atoms with Crippen LogP contribution in [0.1, 0.15) is 21.6 Å². The van der Waals surface area contributed by atoms with Gasteiger partial charge in [0.25, 0.3) is 0 Å². The van der Waals surface area contributed by atoms with Crippen LogP contribution in [0.25, 0.3) is 10.2 Å². The summed E-state index contributed by atoms with van der Waals surface area (Å²) < 4.78 is 1.50. The van der Waals surface area contributed by atoms with Crippen LogP contribution in [-0.4, -0.2) is 21.8 Å². The third-order valence-corrected chi connectivity index (χ3v) is 6.34. The van der Waals surface area contributed by atoms with Crippen molar-refractivity contribution in [2.75, 3.05) is 5.32 Å². The Kier molecular flexibility index (Phi) is 4.98. The summed E-state index contributed by atoms with van der Waals surface area (Å²) in [6.07, 6.45) is 1.76. The molecule has 3 rings (SSSR count). The second-order valence-corrected chi connectivity index (χ2v) is 8.03. The molecule has 3 N–H and O–H groups in total. The standard InChI is InChI=1S/C14H12BrClN4OS2/c1-6(17)12(21)14-10(15)11-13(23-14)7(4-8(16)20-11)19-5-9-18-2-3-22-9/h2-4,6H,5,17H2,1H3,(H,19,20)/t6-/m0/s1. The number of Topliss-reactive ketones (excluding diaryl/α,β-unsaturated/α-hetero) is 1. The molecule has 0 radical (unpaired) electrons. The average molecular weight is 432 g/mol. The van der Waals surface area contributed by atoms with E-state index < -0.39 is 6.04 Å². The lowest BCUT2D eigenvalue weighted by atomic mass is 10.2. The lowest BCUT2D eigenvalue weighted by Gasteiger charge is -2.06. The van der Waals surface area contributed by atoms with Crippen molar-refractivity contribution in [2.24, 2.45) is 5.73 Å². The number of hydrogen-bond acceptors (Lipinski definition) is 7. The first-order valence-electron chi connectivity index (χ1n) is 6.68. The van der Waals surface area contributed by atoms with Crippen molar-refractivity contribution in [3.63, 3.8) is 0 Å². The summed E-state index contributed by atoms with van der Waals surface area (Å²) in [5.74, 6) is -0.123. The number of thiophene rings is 1. The van der Waals surface area contributed by atoms with E-state index >= 15 is 0 Å². The smallest absolute Gasteiger partial charge is 0.190 e. The molecule has 0 unspecified atom stereocenters. The van der Waals surface area contributed by atoms with Gasteiger partial charge in [-0.3, -0.25) is 4.79 Å². The van der Waals surface area contributed by atoms with E-state index in [-0.39, 0.29) is 5.78 Å². The Bertz CT molecular complexity index is 863. The number of nitrogens with zero attached hydrogens (tertiary/aromatic N) is 2. The Hall–Kier alpha value is -1.06. The topological polar surface area (TPSA) is 80.9 Å². The van der Waals surface area contributed by atoms with Gasteiger partial charge in [-0.25, -0.2) is 9.97 Å². The first-order chi connectivity index (χ1) is 11.0. The van der Waals surface area contributed by atoms with Gasteiger partial charge >= 0.3 is 0 Å². The maximum atomic E-state index is 12.2. The molecule has 0 spiro atoms. The summed E-state index contributed by atoms with van der Waals surface area (Å²) in [5, 5.41) is 6.56. The molecule has 0 aromatic carbocycles. The first kappa shape index (κ1) is 16.8. The minimum Gasteiger partial charge on any atom is -0.377 e. The predicted octanol–water partition coefficient (Wildman–Crippen LogP) is 4.31. The molecular formula is C14H12BrClN4OS2. The monoisotopic (exact) mass is 430 g/mol. The Labute approximate surface area is 154 Å². The van der Waals surface area contributed by atoms with Crippen LogP contribution in [0.15, 0.2) is 22.1 Å². The van der Waals surface area contributed by atoms with Crippen LogP contribution in [0.5, 0.6) is 0 Å². The number of hydrogen-bond donors (Lipinski definition) is 2. The van der Waals surface area contributed by atoms with Gasteiger partial charge in [0, 0.05) is 17.6 Å². The molecule has 0 saturated carbocycles. The Morgan fingerprint density at radius 1 is 1.57 bits per heavy atom. The Balaban J connectivity index is 2.03. The van der Waals surface area contributed by atoms with Gasteiger partial charge in [0.2, 0.25) is 0 Å². The molecule has 3 aromatic heterocycles. The van der Waals surface area contributed by atoms with Crippen LogP contribution in [0.2, 0.25) is 5.15 Å². The second kappa shape index (κ2) is 6.82. The summed E-state index contributed by atoms with van der Waals surface area (Å²) in [4.78, 5) is 21.4. The summed E-state index contributed by atoms with van der Waals surface area (Å²) in [5.41, 5.74) is 7.20. The van der Waals surface area contributed by atoms with E-state index in [1.165, 1.54) is 11.3 Å². The molecule has 0 saturated heterocycles. The molecular weight excluding hydrogens is 420 g/mol. The fraction of sp³-hybridized carbons (Fsp3) is 0.214. The van der Waals surface area contributed by atoms with E-state index in [1.807, 2.05) is 5.38 Å². The van der Waals surface area contributed by atoms with Crippen molar-refractivity contribution in [2.45, 2.75) is 19.5 Å². The molecule has 3 heterocycles. The predicted molar refractivity (Wildman–Crippen MR) is 99.8 cm³/mol. The SMILES string of the molecule is C[C@H](N)C(=O)c1sc2c(NCc3nccs3)cc(Cl)nc2c1Br. The number of carbonyl (C=O) groups excluding carboxylic acids is 1. The molecule has 0 bridgehead atoms. The molecule has 3 aromatic rings. The van der Waals surface area contributed by atoms with E-state index in [4.69, 9.17) is 17.3 Å². The van der Waals surface area contributed by atoms with E-state index in [0.29, 0.717) is 26.6 Å². The second-order valence-electron chi connectivity index (χ2n) is 4.85. The highest BCUT2D eigenvalue weighted by molar-refractivity contribution is 9.10. The van der Waals surface area contributed by atoms with Crippen LogP contribution in [-0.2, 0) is 6.54 Å². The molecule has 120 valence electrons. The highest BCUT2D eigenvalue weighted by Gasteiger charge is 2.22. The first-order valence-corrected chi connectivity index (χ1v) is 9.54. The molecule has 23 heavy (non-hydrogen) atoms. The van der Waals surface area contributed by atoms with Gasteiger partial charge in [-0.1, -0.05) is 11.6 Å². The van der Waals surface area contributed by atoms with Crippen LogP contribution >= 0.6 is 50.2 Å². The van der Waals surface area contributed by atoms with Crippen LogP contribution < -0.4 is 11.1 Å². The number of anilines is 1. The molecule has 0 aliphatic carbocycles. The van der Waals surface area contributed by atoms with Crippen molar-refractivity contribution in [3.05, 3.63) is 37.2 Å². The van der Waals surface area contributed by atoms with Gasteiger partial charge < -0.3 is 11.1 Å². The number of nitrogens with two attached hydrogens (primary N) is 1. The summed E-state index contributed by atoms with van der Waals surface area (Å²) in [7, 11) is 0. The van der Waals surface area contributed by atoms with Gasteiger partial charge in [0.1, 0.15) is 10.2 Å². The zero-order valence-corrected chi connectivity index (χ0v) is 15.9. The Morgan fingerprint density at radius 2 is 2.35 bits per heavy atom. The zero-order chi connectivity index (χ0) is 16.6. The molecule has 9 heteroatoms. The minimum absolute atomic E-state index is 0.123. The Morgan fingerprint density at radius 3 is 3.00 bits per heavy atom. The zero-order valence-electron chi connectivity index (χ0n) is 12.0. The fourth-order valence-corrected chi connectivity index (χ4v) is 4.78. The van der Waals surface area contributed by atoms with Crippen molar-refractivity contribution in [1.82, 2.24) is 9.97 Å². The molecule has 0 fully saturated rings. The van der Waals surface area contributed by atoms with Crippen molar-refractivity contribution in [1.29, 1.82) is 0 Å². The number of ketones is 1. The van der Waals surface area contributed by atoms with Gasteiger partial charge in [-0.05, 0) is 22.9 Å². The van der Waals surface area contributed by atoms with Gasteiger partial charge in [0.05, 0.1) is 37.8 Å². The normalized spacial score (nSPS) is 12.5. The number of aromatic nitrogens is 2. The molecule has 0 amide bonds. The lowest BCUT2D eigenvalue weighted by molar-refractivity contribution is 0.0971. The van der Waals surface area contributed by atoms with Gasteiger partial charge in [0.15, 0.2) is 5.78 Å². The number of halogens is 2. The maximum Gasteiger partial charge on any atom is 0.190 e. The highest BCUT2D eigenvalue weighted by atomic mass is 79.9. The van der Waals surface area contributed by atoms with Crippen molar-refractivity contribution >= 4 is 71.9 Å². The number of rotatable bonds is 5. The summed E-state index contributed by atoms with van der Waals surface area (Å²) in [6, 6.07) is 1.18. The molecule has 1 atom stereocenters. The number of pyridine rings is 1. The van der Waals surface area contributed by atoms with Crippen LogP contribution in [0, 0.1) is 0 Å². The lowest BCUT2D eigenvalue weighted by Crippen LogP contribution is -2.26. The van der Waals surface area contributed by atoms with Crippen molar-refractivity contribution in [3.8, 4) is 0 Å². The van der Waals surface area contributed by atoms with Crippen molar-refractivity contribution < 1.29 is 4.79 Å². The van der Waals surface area contributed by atoms with Gasteiger partial charge in [-0.2, -0.15) is 0 Å². The van der Waals surface area contributed by atoms with E-state index in [0.717, 1.165) is 15.4 Å². The van der Waals surface area contributed by atoms with Crippen LogP contribution in [0.4, 0.5) is 5.69 Å². The van der Waals surface area contributed by atoms with E-state index in [9.17, 15) is 4.79 Å². The van der Waals surface area contributed by atoms with Crippen LogP contribution in [0.3, 0.4) is 0 Å². The summed E-state index contributed by atoms with van der Waals surface area (Å²) in [6.45, 7) is 2.25. The quantitative estimate of drug-likeness (QED) is 0.465. The summed E-state index contributed by atoms with van der Waals surface area (Å²) >= 11 is 12.5. The average Bonchev–Trinajstić information content (AvgIpc) is 3.13. The fourth-order valence-electron chi connectivity index (χ4n) is 2.02. The molecule has 0 aliphatic rings. The third kappa shape index (κ3) is 3.41. The molecule has 5 nitrogen and oxygen atoms in total. The maximum absolute atomic E-state index is 12.2.